The van der Waals surface area contributed by atoms with Gasteiger partial charge in [-0.3, -0.25) is 0 Å². The monoisotopic (exact) mass is 302 g/mol. The van der Waals surface area contributed by atoms with Crippen LogP contribution < -0.4 is 0 Å². The molecule has 0 aliphatic heterocycles. The second kappa shape index (κ2) is 5.45. The van der Waals surface area contributed by atoms with Gasteiger partial charge in [-0.2, -0.15) is 0 Å². The first-order valence-corrected chi connectivity index (χ1v) is 7.09. The Balaban J connectivity index is 2.22. The van der Waals surface area contributed by atoms with E-state index in [1.54, 1.807) is 13.0 Å². The molecule has 21 heavy (non-hydrogen) atoms. The summed E-state index contributed by atoms with van der Waals surface area (Å²) in [5, 5.41) is 1.03. The van der Waals surface area contributed by atoms with Crippen LogP contribution in [0.4, 0.5) is 8.78 Å². The quantitative estimate of drug-likeness (QED) is 0.528. The first kappa shape index (κ1) is 14.0. The third kappa shape index (κ3) is 2.40. The zero-order valence-electron chi connectivity index (χ0n) is 11.4. The van der Waals surface area contributed by atoms with Crippen molar-refractivity contribution < 1.29 is 8.78 Å². The second-order valence-corrected chi connectivity index (χ2v) is 5.46. The van der Waals surface area contributed by atoms with Crippen LogP contribution in [0.15, 0.2) is 54.6 Å². The van der Waals surface area contributed by atoms with Gasteiger partial charge in [0.05, 0.1) is 5.38 Å². The van der Waals surface area contributed by atoms with Crippen LogP contribution in [0.25, 0.3) is 10.8 Å². The van der Waals surface area contributed by atoms with E-state index in [1.807, 2.05) is 36.4 Å². The molecule has 0 saturated heterocycles. The molecule has 3 rings (SSSR count). The summed E-state index contributed by atoms with van der Waals surface area (Å²) in [6.07, 6.45) is 0. The first-order valence-electron chi connectivity index (χ1n) is 6.66. The SMILES string of the molecule is Cc1ccc(F)c(C(Cl)c2cccc3ccccc23)c1F. The smallest absolute Gasteiger partial charge is 0.134 e. The molecule has 3 aromatic rings. The number of hydrogen-bond donors (Lipinski definition) is 0. The van der Waals surface area contributed by atoms with E-state index in [1.165, 1.54) is 12.1 Å². The molecular formula is C18H13ClF2. The standard InChI is InChI=1S/C18H13ClF2/c1-11-9-10-15(20)16(18(11)21)17(19)14-8-4-6-12-5-2-3-7-13(12)14/h2-10,17H,1H3. The minimum absolute atomic E-state index is 0.0898. The van der Waals surface area contributed by atoms with Crippen molar-refractivity contribution in [2.75, 3.05) is 0 Å². The molecule has 0 radical (unpaired) electrons. The molecule has 106 valence electrons. The van der Waals surface area contributed by atoms with Gasteiger partial charge < -0.3 is 0 Å². The van der Waals surface area contributed by atoms with Crippen LogP contribution >= 0.6 is 11.6 Å². The van der Waals surface area contributed by atoms with Crippen LogP contribution in [0.1, 0.15) is 22.1 Å². The van der Waals surface area contributed by atoms with Gasteiger partial charge in [0.1, 0.15) is 11.6 Å². The molecule has 0 spiro atoms. The molecule has 0 N–H and O–H groups in total. The van der Waals surface area contributed by atoms with Gasteiger partial charge in [0, 0.05) is 5.56 Å². The predicted molar refractivity (Wildman–Crippen MR) is 82.7 cm³/mol. The Labute approximate surface area is 127 Å². The summed E-state index contributed by atoms with van der Waals surface area (Å²) in [7, 11) is 0. The first-order chi connectivity index (χ1) is 10.1. The molecule has 0 heterocycles. The lowest BCUT2D eigenvalue weighted by molar-refractivity contribution is 0.554. The fourth-order valence-electron chi connectivity index (χ4n) is 2.54. The van der Waals surface area contributed by atoms with E-state index in [0.29, 0.717) is 11.1 Å². The van der Waals surface area contributed by atoms with Gasteiger partial charge in [0.2, 0.25) is 0 Å². The van der Waals surface area contributed by atoms with E-state index in [2.05, 4.69) is 0 Å². The van der Waals surface area contributed by atoms with E-state index < -0.39 is 17.0 Å². The fourth-order valence-corrected chi connectivity index (χ4v) is 2.93. The summed E-state index contributed by atoms with van der Waals surface area (Å²) in [4.78, 5) is 0. The molecule has 0 amide bonds. The third-order valence-corrected chi connectivity index (χ3v) is 4.12. The Hall–Kier alpha value is -1.93. The lowest BCUT2D eigenvalue weighted by atomic mass is 9.96. The number of benzene rings is 3. The Morgan fingerprint density at radius 2 is 1.62 bits per heavy atom. The van der Waals surface area contributed by atoms with Crippen LogP contribution in [0.2, 0.25) is 0 Å². The molecule has 0 bridgehead atoms. The van der Waals surface area contributed by atoms with Gasteiger partial charge in [-0.25, -0.2) is 8.78 Å². The third-order valence-electron chi connectivity index (χ3n) is 3.67. The van der Waals surface area contributed by atoms with Crippen molar-refractivity contribution in [3.63, 3.8) is 0 Å². The molecule has 0 aromatic heterocycles. The van der Waals surface area contributed by atoms with E-state index in [4.69, 9.17) is 11.6 Å². The van der Waals surface area contributed by atoms with Crippen LogP contribution in [-0.2, 0) is 0 Å². The zero-order valence-corrected chi connectivity index (χ0v) is 12.2. The number of halogens is 3. The Kier molecular flexibility index (Phi) is 3.64. The largest absolute Gasteiger partial charge is 0.207 e. The molecule has 0 saturated carbocycles. The minimum atomic E-state index is -0.865. The van der Waals surface area contributed by atoms with E-state index in [9.17, 15) is 8.78 Å². The van der Waals surface area contributed by atoms with Crippen LogP contribution in [0.3, 0.4) is 0 Å². The summed E-state index contributed by atoms with van der Waals surface area (Å²) < 4.78 is 28.3. The second-order valence-electron chi connectivity index (χ2n) is 5.02. The van der Waals surface area contributed by atoms with Crippen molar-refractivity contribution >= 4 is 22.4 Å². The van der Waals surface area contributed by atoms with Crippen LogP contribution in [0, 0.1) is 18.6 Å². The van der Waals surface area contributed by atoms with E-state index in [0.717, 1.165) is 10.8 Å². The van der Waals surface area contributed by atoms with Crippen molar-refractivity contribution in [2.24, 2.45) is 0 Å². The lowest BCUT2D eigenvalue weighted by Crippen LogP contribution is -2.03. The summed E-state index contributed by atoms with van der Waals surface area (Å²) >= 11 is 6.41. The van der Waals surface area contributed by atoms with E-state index in [-0.39, 0.29) is 5.56 Å². The normalized spacial score (nSPS) is 12.6. The van der Waals surface area contributed by atoms with Gasteiger partial charge in [0.15, 0.2) is 0 Å². The number of fused-ring (bicyclic) bond motifs is 1. The number of hydrogen-bond acceptors (Lipinski definition) is 0. The van der Waals surface area contributed by atoms with Gasteiger partial charge in [-0.15, -0.1) is 11.6 Å². The zero-order chi connectivity index (χ0) is 15.0. The maximum Gasteiger partial charge on any atom is 0.134 e. The predicted octanol–water partition coefficient (Wildman–Crippen LogP) is 5.75. The van der Waals surface area contributed by atoms with Crippen molar-refractivity contribution in [1.82, 2.24) is 0 Å². The highest BCUT2D eigenvalue weighted by Crippen LogP contribution is 2.37. The van der Waals surface area contributed by atoms with Gasteiger partial charge >= 0.3 is 0 Å². The number of alkyl halides is 1. The molecule has 0 nitrogen and oxygen atoms in total. The van der Waals surface area contributed by atoms with Gasteiger partial charge in [-0.05, 0) is 34.9 Å². The lowest BCUT2D eigenvalue weighted by Gasteiger charge is -2.16. The van der Waals surface area contributed by atoms with Gasteiger partial charge in [0.25, 0.3) is 0 Å². The molecule has 0 fully saturated rings. The maximum absolute atomic E-state index is 14.3. The van der Waals surface area contributed by atoms with Crippen LogP contribution in [0.5, 0.6) is 0 Å². The minimum Gasteiger partial charge on any atom is -0.207 e. The molecule has 1 atom stereocenters. The van der Waals surface area contributed by atoms with Crippen molar-refractivity contribution in [3.05, 3.63) is 82.9 Å². The summed E-state index contributed by atoms with van der Waals surface area (Å²) in [6, 6.07) is 15.9. The maximum atomic E-state index is 14.3. The highest BCUT2D eigenvalue weighted by Gasteiger charge is 2.22. The number of rotatable bonds is 2. The molecule has 1 unspecified atom stereocenters. The Bertz CT molecular complexity index is 806. The van der Waals surface area contributed by atoms with Crippen molar-refractivity contribution in [2.45, 2.75) is 12.3 Å². The Morgan fingerprint density at radius 3 is 2.43 bits per heavy atom. The summed E-state index contributed by atoms with van der Waals surface area (Å²) in [6.45, 7) is 1.60. The fraction of sp³-hybridized carbons (Fsp3) is 0.111. The molecule has 0 aliphatic rings. The molecule has 0 aliphatic carbocycles. The summed E-state index contributed by atoms with van der Waals surface area (Å²) in [5.74, 6) is -1.20. The molecule has 3 heteroatoms. The topological polar surface area (TPSA) is 0 Å². The van der Waals surface area contributed by atoms with Crippen molar-refractivity contribution in [3.8, 4) is 0 Å². The van der Waals surface area contributed by atoms with Crippen LogP contribution in [-0.4, -0.2) is 0 Å². The van der Waals surface area contributed by atoms with E-state index >= 15 is 0 Å². The highest BCUT2D eigenvalue weighted by atomic mass is 35.5. The molecule has 3 aromatic carbocycles. The molecular weight excluding hydrogens is 290 g/mol. The highest BCUT2D eigenvalue weighted by molar-refractivity contribution is 6.23. The average molecular weight is 303 g/mol. The number of aryl methyl sites for hydroxylation is 1. The summed E-state index contributed by atoms with van der Waals surface area (Å²) in [5.41, 5.74) is 1.00. The van der Waals surface area contributed by atoms with Gasteiger partial charge in [-0.1, -0.05) is 48.5 Å². The Morgan fingerprint density at radius 1 is 0.905 bits per heavy atom. The average Bonchev–Trinajstić information content (AvgIpc) is 2.50. The van der Waals surface area contributed by atoms with Crippen molar-refractivity contribution in [1.29, 1.82) is 0 Å².